The van der Waals surface area contributed by atoms with E-state index < -0.39 is 0 Å². The van der Waals surface area contributed by atoms with Crippen LogP contribution >= 0.6 is 0 Å². The van der Waals surface area contributed by atoms with Gasteiger partial charge in [-0.25, -0.2) is 15.0 Å². The Morgan fingerprint density at radius 3 is 2.65 bits per heavy atom. The van der Waals surface area contributed by atoms with Gasteiger partial charge in [-0.05, 0) is 24.3 Å². The SMILES string of the molecule is COCCn1cnc2cc(N3CCN(c4ncnc5cnccc45)CC3)ccc2c1=O. The number of anilines is 2. The largest absolute Gasteiger partial charge is 0.383 e. The Morgan fingerprint density at radius 2 is 1.81 bits per heavy atom. The lowest BCUT2D eigenvalue weighted by Gasteiger charge is -2.37. The highest BCUT2D eigenvalue weighted by Crippen LogP contribution is 2.25. The minimum atomic E-state index is -0.0384. The fourth-order valence-corrected chi connectivity index (χ4v) is 4.01. The number of hydrogen-bond acceptors (Lipinski definition) is 8. The fraction of sp³-hybridized carbons (Fsp3) is 0.318. The zero-order valence-electron chi connectivity index (χ0n) is 17.3. The first-order valence-electron chi connectivity index (χ1n) is 10.3. The van der Waals surface area contributed by atoms with Gasteiger partial charge in [0.15, 0.2) is 0 Å². The summed E-state index contributed by atoms with van der Waals surface area (Å²) >= 11 is 0. The van der Waals surface area contributed by atoms with E-state index in [9.17, 15) is 4.79 Å². The smallest absolute Gasteiger partial charge is 0.261 e. The molecule has 1 saturated heterocycles. The van der Waals surface area contributed by atoms with Crippen LogP contribution in [0.1, 0.15) is 0 Å². The molecule has 0 N–H and O–H groups in total. The molecule has 0 amide bonds. The van der Waals surface area contributed by atoms with Crippen molar-refractivity contribution in [3.63, 3.8) is 0 Å². The Hall–Kier alpha value is -3.59. The summed E-state index contributed by atoms with van der Waals surface area (Å²) < 4.78 is 6.66. The van der Waals surface area contributed by atoms with Gasteiger partial charge in [0.2, 0.25) is 0 Å². The number of benzene rings is 1. The molecule has 31 heavy (non-hydrogen) atoms. The number of rotatable bonds is 5. The van der Waals surface area contributed by atoms with Crippen molar-refractivity contribution >= 4 is 33.3 Å². The van der Waals surface area contributed by atoms with Crippen molar-refractivity contribution in [2.45, 2.75) is 6.54 Å². The van der Waals surface area contributed by atoms with Crippen LogP contribution in [0.2, 0.25) is 0 Å². The molecular formula is C22H23N7O2. The molecule has 1 aliphatic heterocycles. The summed E-state index contributed by atoms with van der Waals surface area (Å²) in [6.45, 7) is 4.38. The predicted molar refractivity (Wildman–Crippen MR) is 120 cm³/mol. The molecule has 5 rings (SSSR count). The van der Waals surface area contributed by atoms with Crippen LogP contribution in [0.25, 0.3) is 21.8 Å². The standard InChI is InChI=1S/C22H23N7O2/c1-31-11-10-29-15-26-19-12-16(2-3-18(19)22(29)30)27-6-8-28(9-7-27)21-17-4-5-23-13-20(17)24-14-25-21/h2-5,12-15H,6-11H2,1H3. The summed E-state index contributed by atoms with van der Waals surface area (Å²) in [6.07, 6.45) is 6.74. The lowest BCUT2D eigenvalue weighted by Crippen LogP contribution is -2.47. The van der Waals surface area contributed by atoms with E-state index in [2.05, 4.69) is 29.7 Å². The minimum absolute atomic E-state index is 0.0384. The van der Waals surface area contributed by atoms with Crippen molar-refractivity contribution in [3.05, 3.63) is 59.7 Å². The molecule has 1 aromatic carbocycles. The number of aromatic nitrogens is 5. The maximum atomic E-state index is 12.7. The summed E-state index contributed by atoms with van der Waals surface area (Å²) in [7, 11) is 1.62. The molecule has 1 aliphatic rings. The molecule has 158 valence electrons. The molecular weight excluding hydrogens is 394 g/mol. The van der Waals surface area contributed by atoms with Gasteiger partial charge in [-0.2, -0.15) is 0 Å². The quantitative estimate of drug-likeness (QED) is 0.485. The van der Waals surface area contributed by atoms with E-state index in [1.165, 1.54) is 0 Å². The number of ether oxygens (including phenoxy) is 1. The number of methoxy groups -OCH3 is 1. The van der Waals surface area contributed by atoms with Crippen LogP contribution in [-0.2, 0) is 11.3 Å². The highest BCUT2D eigenvalue weighted by Gasteiger charge is 2.20. The van der Waals surface area contributed by atoms with E-state index in [0.29, 0.717) is 24.1 Å². The Bertz CT molecular complexity index is 1280. The average Bonchev–Trinajstić information content (AvgIpc) is 2.83. The van der Waals surface area contributed by atoms with E-state index in [4.69, 9.17) is 4.74 Å². The fourth-order valence-electron chi connectivity index (χ4n) is 4.01. The van der Waals surface area contributed by atoms with Crippen molar-refractivity contribution in [1.82, 2.24) is 24.5 Å². The van der Waals surface area contributed by atoms with Crippen molar-refractivity contribution < 1.29 is 4.74 Å². The van der Waals surface area contributed by atoms with Crippen LogP contribution in [0.15, 0.2) is 54.1 Å². The third kappa shape index (κ3) is 3.68. The summed E-state index contributed by atoms with van der Waals surface area (Å²) in [6, 6.07) is 7.85. The highest BCUT2D eigenvalue weighted by molar-refractivity contribution is 5.88. The highest BCUT2D eigenvalue weighted by atomic mass is 16.5. The maximum Gasteiger partial charge on any atom is 0.261 e. The second kappa shape index (κ2) is 8.27. The first-order chi connectivity index (χ1) is 15.2. The normalized spacial score (nSPS) is 14.5. The number of hydrogen-bond donors (Lipinski definition) is 0. The summed E-state index contributed by atoms with van der Waals surface area (Å²) in [4.78, 5) is 34.7. The number of fused-ring (bicyclic) bond motifs is 2. The van der Waals surface area contributed by atoms with Crippen LogP contribution in [-0.4, -0.2) is 64.4 Å². The third-order valence-corrected chi connectivity index (χ3v) is 5.71. The maximum absolute atomic E-state index is 12.7. The van der Waals surface area contributed by atoms with Gasteiger partial charge in [-0.15, -0.1) is 0 Å². The van der Waals surface area contributed by atoms with Gasteiger partial charge in [0.05, 0.1) is 42.1 Å². The summed E-state index contributed by atoms with van der Waals surface area (Å²) in [5, 5.41) is 1.65. The molecule has 4 heterocycles. The topological polar surface area (TPSA) is 89.3 Å². The van der Waals surface area contributed by atoms with Gasteiger partial charge in [0.25, 0.3) is 5.56 Å². The second-order valence-electron chi connectivity index (χ2n) is 7.50. The van der Waals surface area contributed by atoms with Crippen LogP contribution in [0.3, 0.4) is 0 Å². The molecule has 9 heteroatoms. The molecule has 3 aromatic heterocycles. The molecule has 4 aromatic rings. The Balaban J connectivity index is 1.35. The van der Waals surface area contributed by atoms with Gasteiger partial charge < -0.3 is 14.5 Å². The van der Waals surface area contributed by atoms with Crippen LogP contribution < -0.4 is 15.4 Å². The van der Waals surface area contributed by atoms with Crippen molar-refractivity contribution in [1.29, 1.82) is 0 Å². The first kappa shape index (κ1) is 19.4. The average molecular weight is 417 g/mol. The van der Waals surface area contributed by atoms with Crippen LogP contribution in [0.4, 0.5) is 11.5 Å². The van der Waals surface area contributed by atoms with Gasteiger partial charge in [0, 0.05) is 50.6 Å². The first-order valence-corrected chi connectivity index (χ1v) is 10.3. The number of nitrogens with zero attached hydrogens (tertiary/aromatic N) is 7. The van der Waals surface area contributed by atoms with Gasteiger partial charge >= 0.3 is 0 Å². The lowest BCUT2D eigenvalue weighted by molar-refractivity contribution is 0.186. The molecule has 0 unspecified atom stereocenters. The molecule has 0 saturated carbocycles. The van der Waals surface area contributed by atoms with E-state index >= 15 is 0 Å². The van der Waals surface area contributed by atoms with E-state index in [0.717, 1.165) is 48.6 Å². The van der Waals surface area contributed by atoms with E-state index in [-0.39, 0.29) is 5.56 Å². The second-order valence-corrected chi connectivity index (χ2v) is 7.50. The van der Waals surface area contributed by atoms with Gasteiger partial charge in [-0.1, -0.05) is 0 Å². The molecule has 0 radical (unpaired) electrons. The summed E-state index contributed by atoms with van der Waals surface area (Å²) in [5.74, 6) is 0.948. The van der Waals surface area contributed by atoms with Crippen molar-refractivity contribution in [2.24, 2.45) is 0 Å². The molecule has 1 fully saturated rings. The number of pyridine rings is 1. The zero-order valence-corrected chi connectivity index (χ0v) is 17.3. The number of piperazine rings is 1. The molecule has 0 spiro atoms. The Kier molecular flexibility index (Phi) is 5.17. The molecule has 0 aliphatic carbocycles. The summed E-state index contributed by atoms with van der Waals surface area (Å²) in [5.41, 5.74) is 2.61. The Morgan fingerprint density at radius 1 is 0.968 bits per heavy atom. The predicted octanol–water partition coefficient (Wildman–Crippen LogP) is 1.71. The lowest BCUT2D eigenvalue weighted by atomic mass is 10.2. The molecule has 0 atom stereocenters. The zero-order chi connectivity index (χ0) is 21.2. The molecule has 9 nitrogen and oxygen atoms in total. The minimum Gasteiger partial charge on any atom is -0.383 e. The van der Waals surface area contributed by atoms with Gasteiger partial charge in [0.1, 0.15) is 12.1 Å². The monoisotopic (exact) mass is 417 g/mol. The van der Waals surface area contributed by atoms with Crippen LogP contribution in [0.5, 0.6) is 0 Å². The van der Waals surface area contributed by atoms with E-state index in [1.807, 2.05) is 24.3 Å². The van der Waals surface area contributed by atoms with Crippen LogP contribution in [0, 0.1) is 0 Å². The van der Waals surface area contributed by atoms with E-state index in [1.54, 1.807) is 36.7 Å². The molecule has 0 bridgehead atoms. The van der Waals surface area contributed by atoms with Crippen molar-refractivity contribution in [3.8, 4) is 0 Å². The third-order valence-electron chi connectivity index (χ3n) is 5.71. The van der Waals surface area contributed by atoms with Crippen molar-refractivity contribution in [2.75, 3.05) is 49.7 Å². The van der Waals surface area contributed by atoms with Gasteiger partial charge in [-0.3, -0.25) is 14.3 Å². The Labute approximate surface area is 179 Å².